The Morgan fingerprint density at radius 2 is 2.17 bits per heavy atom. The van der Waals surface area contributed by atoms with Crippen molar-refractivity contribution in [3.05, 3.63) is 30.1 Å². The first-order valence-electron chi connectivity index (χ1n) is 3.94. The van der Waals surface area contributed by atoms with Crippen LogP contribution in [-0.4, -0.2) is 17.6 Å². The molecule has 0 radical (unpaired) electrons. The number of hydrogen-bond acceptors (Lipinski definition) is 3. The average Bonchev–Trinajstić information content (AvgIpc) is 2.53. The van der Waals surface area contributed by atoms with E-state index in [0.29, 0.717) is 6.61 Å². The molecule has 2 rings (SSSR count). The Bertz CT molecular complexity index is 284. The molecule has 0 saturated carbocycles. The first kappa shape index (κ1) is 7.28. The Morgan fingerprint density at radius 1 is 1.42 bits per heavy atom. The van der Waals surface area contributed by atoms with Crippen LogP contribution >= 0.6 is 0 Å². The van der Waals surface area contributed by atoms with Crippen molar-refractivity contribution < 1.29 is 9.53 Å². The Kier molecular flexibility index (Phi) is 1.78. The van der Waals surface area contributed by atoms with Crippen LogP contribution in [0.25, 0.3) is 0 Å². The summed E-state index contributed by atoms with van der Waals surface area (Å²) < 4.78 is 4.86. The number of pyridine rings is 1. The second kappa shape index (κ2) is 2.93. The number of ether oxygens (including phenoxy) is 1. The highest BCUT2D eigenvalue weighted by Gasteiger charge is 2.27. The number of hydrogen-bond donors (Lipinski definition) is 0. The number of esters is 1. The highest BCUT2D eigenvalue weighted by molar-refractivity contribution is 5.79. The number of aromatic nitrogens is 1. The van der Waals surface area contributed by atoms with Gasteiger partial charge in [0, 0.05) is 12.4 Å². The van der Waals surface area contributed by atoms with E-state index in [1.807, 2.05) is 12.1 Å². The standard InChI is InChI=1S/C9H9NO2/c11-9-8(3-6-12-9)7-1-4-10-5-2-7/h1-2,4-5,8H,3,6H2. The molecule has 0 amide bonds. The lowest BCUT2D eigenvalue weighted by Gasteiger charge is -2.03. The predicted octanol–water partition coefficient (Wildman–Crippen LogP) is 1.11. The van der Waals surface area contributed by atoms with Crippen molar-refractivity contribution in [2.45, 2.75) is 12.3 Å². The SMILES string of the molecule is O=C1OCCC1c1ccncc1. The molecule has 3 nitrogen and oxygen atoms in total. The zero-order valence-electron chi connectivity index (χ0n) is 6.56. The molecule has 1 fully saturated rings. The average molecular weight is 163 g/mol. The second-order valence-electron chi connectivity index (χ2n) is 2.79. The summed E-state index contributed by atoms with van der Waals surface area (Å²) in [5.74, 6) is -0.172. The third-order valence-electron chi connectivity index (χ3n) is 2.04. The van der Waals surface area contributed by atoms with Gasteiger partial charge in [0.25, 0.3) is 0 Å². The van der Waals surface area contributed by atoms with E-state index in [2.05, 4.69) is 4.98 Å². The zero-order valence-corrected chi connectivity index (χ0v) is 6.56. The molecule has 1 aliphatic heterocycles. The van der Waals surface area contributed by atoms with Gasteiger partial charge >= 0.3 is 5.97 Å². The summed E-state index contributed by atoms with van der Waals surface area (Å²) >= 11 is 0. The number of carbonyl (C=O) groups excluding carboxylic acids is 1. The van der Waals surface area contributed by atoms with Gasteiger partial charge in [-0.2, -0.15) is 0 Å². The Balaban J connectivity index is 2.25. The number of carbonyl (C=O) groups is 1. The third kappa shape index (κ3) is 1.18. The van der Waals surface area contributed by atoms with E-state index in [9.17, 15) is 4.79 Å². The van der Waals surface area contributed by atoms with Gasteiger partial charge in [0.1, 0.15) is 0 Å². The van der Waals surface area contributed by atoms with Crippen LogP contribution in [0.15, 0.2) is 24.5 Å². The number of cyclic esters (lactones) is 1. The van der Waals surface area contributed by atoms with Gasteiger partial charge in [-0.3, -0.25) is 9.78 Å². The van der Waals surface area contributed by atoms with Gasteiger partial charge in [0.2, 0.25) is 0 Å². The van der Waals surface area contributed by atoms with Crippen LogP contribution in [-0.2, 0) is 9.53 Å². The van der Waals surface area contributed by atoms with Crippen molar-refractivity contribution in [1.82, 2.24) is 4.98 Å². The Labute approximate surface area is 70.4 Å². The minimum absolute atomic E-state index is 0.0620. The summed E-state index contributed by atoms with van der Waals surface area (Å²) in [6.07, 6.45) is 4.19. The minimum Gasteiger partial charge on any atom is -0.465 e. The molecule has 1 saturated heterocycles. The largest absolute Gasteiger partial charge is 0.465 e. The van der Waals surface area contributed by atoms with Crippen molar-refractivity contribution in [3.63, 3.8) is 0 Å². The van der Waals surface area contributed by atoms with Crippen molar-refractivity contribution in [1.29, 1.82) is 0 Å². The van der Waals surface area contributed by atoms with Gasteiger partial charge in [0.15, 0.2) is 0 Å². The highest BCUT2D eigenvalue weighted by atomic mass is 16.5. The van der Waals surface area contributed by atoms with Gasteiger partial charge in [0.05, 0.1) is 12.5 Å². The molecule has 3 heteroatoms. The molecule has 1 aliphatic rings. The van der Waals surface area contributed by atoms with E-state index >= 15 is 0 Å². The Morgan fingerprint density at radius 3 is 2.75 bits per heavy atom. The fraction of sp³-hybridized carbons (Fsp3) is 0.333. The van der Waals surface area contributed by atoms with Gasteiger partial charge in [-0.25, -0.2) is 0 Å². The van der Waals surface area contributed by atoms with Crippen molar-refractivity contribution in [2.75, 3.05) is 6.61 Å². The van der Waals surface area contributed by atoms with Crippen LogP contribution in [0.5, 0.6) is 0 Å². The molecular formula is C9H9NO2. The molecule has 0 aromatic carbocycles. The molecule has 0 spiro atoms. The van der Waals surface area contributed by atoms with Crippen LogP contribution in [0, 0.1) is 0 Å². The maximum Gasteiger partial charge on any atom is 0.313 e. The minimum atomic E-state index is -0.110. The molecule has 0 N–H and O–H groups in total. The van der Waals surface area contributed by atoms with E-state index in [1.54, 1.807) is 12.4 Å². The van der Waals surface area contributed by atoms with Gasteiger partial charge in [-0.05, 0) is 24.1 Å². The smallest absolute Gasteiger partial charge is 0.313 e. The van der Waals surface area contributed by atoms with E-state index in [0.717, 1.165) is 12.0 Å². The van der Waals surface area contributed by atoms with E-state index in [-0.39, 0.29) is 11.9 Å². The normalized spacial score (nSPS) is 22.3. The molecular weight excluding hydrogens is 154 g/mol. The Hall–Kier alpha value is -1.38. The van der Waals surface area contributed by atoms with Crippen molar-refractivity contribution in [3.8, 4) is 0 Å². The van der Waals surface area contributed by atoms with E-state index < -0.39 is 0 Å². The molecule has 0 bridgehead atoms. The molecule has 12 heavy (non-hydrogen) atoms. The fourth-order valence-electron chi connectivity index (χ4n) is 1.39. The number of nitrogens with zero attached hydrogens (tertiary/aromatic N) is 1. The highest BCUT2D eigenvalue weighted by Crippen LogP contribution is 2.25. The summed E-state index contributed by atoms with van der Waals surface area (Å²) in [7, 11) is 0. The molecule has 2 heterocycles. The summed E-state index contributed by atoms with van der Waals surface area (Å²) in [4.78, 5) is 15.0. The summed E-state index contributed by atoms with van der Waals surface area (Å²) in [6, 6.07) is 3.72. The fourth-order valence-corrected chi connectivity index (χ4v) is 1.39. The lowest BCUT2D eigenvalue weighted by Crippen LogP contribution is -2.05. The molecule has 62 valence electrons. The quantitative estimate of drug-likeness (QED) is 0.582. The van der Waals surface area contributed by atoms with E-state index in [4.69, 9.17) is 4.74 Å². The van der Waals surface area contributed by atoms with E-state index in [1.165, 1.54) is 0 Å². The van der Waals surface area contributed by atoms with Crippen LogP contribution in [0.3, 0.4) is 0 Å². The second-order valence-corrected chi connectivity index (χ2v) is 2.79. The van der Waals surface area contributed by atoms with Crippen LogP contribution < -0.4 is 0 Å². The predicted molar refractivity (Wildman–Crippen MR) is 42.6 cm³/mol. The van der Waals surface area contributed by atoms with Gasteiger partial charge in [-0.15, -0.1) is 0 Å². The maximum atomic E-state index is 11.1. The summed E-state index contributed by atoms with van der Waals surface area (Å²) in [5, 5.41) is 0. The van der Waals surface area contributed by atoms with Crippen LogP contribution in [0.2, 0.25) is 0 Å². The number of rotatable bonds is 1. The van der Waals surface area contributed by atoms with Crippen LogP contribution in [0.4, 0.5) is 0 Å². The topological polar surface area (TPSA) is 39.2 Å². The molecule has 1 aromatic rings. The molecule has 1 unspecified atom stereocenters. The third-order valence-corrected chi connectivity index (χ3v) is 2.04. The van der Waals surface area contributed by atoms with Crippen molar-refractivity contribution in [2.24, 2.45) is 0 Å². The lowest BCUT2D eigenvalue weighted by molar-refractivity contribution is -0.139. The molecule has 1 aromatic heterocycles. The first-order valence-corrected chi connectivity index (χ1v) is 3.94. The monoisotopic (exact) mass is 163 g/mol. The first-order chi connectivity index (χ1) is 5.88. The van der Waals surface area contributed by atoms with Gasteiger partial charge < -0.3 is 4.74 Å². The molecule has 1 atom stereocenters. The lowest BCUT2D eigenvalue weighted by atomic mass is 9.99. The zero-order chi connectivity index (χ0) is 8.39. The van der Waals surface area contributed by atoms with Crippen molar-refractivity contribution >= 4 is 5.97 Å². The molecule has 0 aliphatic carbocycles. The summed E-state index contributed by atoms with van der Waals surface area (Å²) in [6.45, 7) is 0.547. The maximum absolute atomic E-state index is 11.1. The summed E-state index contributed by atoms with van der Waals surface area (Å²) in [5.41, 5.74) is 1.01. The van der Waals surface area contributed by atoms with Gasteiger partial charge in [-0.1, -0.05) is 0 Å². The van der Waals surface area contributed by atoms with Crippen LogP contribution in [0.1, 0.15) is 17.9 Å².